The van der Waals surface area contributed by atoms with E-state index >= 15 is 0 Å². The number of piperidine rings is 1. The third-order valence-corrected chi connectivity index (χ3v) is 3.36. The first kappa shape index (κ1) is 12.4. The second kappa shape index (κ2) is 5.52. The van der Waals surface area contributed by atoms with E-state index < -0.39 is 0 Å². The summed E-state index contributed by atoms with van der Waals surface area (Å²) in [4.78, 5) is 12.0. The molecule has 92 valence electrons. The fraction of sp³-hybridized carbons (Fsp3) is 0.462. The van der Waals surface area contributed by atoms with Gasteiger partial charge in [-0.25, -0.2) is 0 Å². The van der Waals surface area contributed by atoms with E-state index in [0.717, 1.165) is 31.5 Å². The van der Waals surface area contributed by atoms with Gasteiger partial charge >= 0.3 is 0 Å². The first-order valence-electron chi connectivity index (χ1n) is 5.94. The normalized spacial score (nSPS) is 16.8. The van der Waals surface area contributed by atoms with Gasteiger partial charge in [-0.1, -0.05) is 17.7 Å². The SMILES string of the molecule is Cc1ccc(C(=O)NC2CCNCC2)c(Cl)c1. The average Bonchev–Trinajstić information content (AvgIpc) is 2.30. The molecular formula is C13H17ClN2O. The summed E-state index contributed by atoms with van der Waals surface area (Å²) < 4.78 is 0. The molecule has 17 heavy (non-hydrogen) atoms. The highest BCUT2D eigenvalue weighted by atomic mass is 35.5. The third-order valence-electron chi connectivity index (χ3n) is 3.04. The summed E-state index contributed by atoms with van der Waals surface area (Å²) in [7, 11) is 0. The average molecular weight is 253 g/mol. The van der Waals surface area contributed by atoms with Gasteiger partial charge in [-0.3, -0.25) is 4.79 Å². The molecule has 3 nitrogen and oxygen atoms in total. The van der Waals surface area contributed by atoms with Gasteiger partial charge in [0.2, 0.25) is 0 Å². The zero-order chi connectivity index (χ0) is 12.3. The molecule has 1 heterocycles. The monoisotopic (exact) mass is 252 g/mol. The van der Waals surface area contributed by atoms with Gasteiger partial charge in [-0.2, -0.15) is 0 Å². The van der Waals surface area contributed by atoms with Gasteiger partial charge in [-0.05, 0) is 50.6 Å². The molecule has 1 aliphatic rings. The van der Waals surface area contributed by atoms with Crippen molar-refractivity contribution >= 4 is 17.5 Å². The van der Waals surface area contributed by atoms with Crippen LogP contribution in [0.15, 0.2) is 18.2 Å². The smallest absolute Gasteiger partial charge is 0.253 e. The lowest BCUT2D eigenvalue weighted by Crippen LogP contribution is -2.42. The fourth-order valence-corrected chi connectivity index (χ4v) is 2.35. The molecule has 0 spiro atoms. The number of aryl methyl sites for hydroxylation is 1. The Bertz CT molecular complexity index is 414. The highest BCUT2D eigenvalue weighted by molar-refractivity contribution is 6.33. The predicted octanol–water partition coefficient (Wildman–Crippen LogP) is 2.13. The molecule has 1 saturated heterocycles. The maximum atomic E-state index is 12.0. The molecular weight excluding hydrogens is 236 g/mol. The number of rotatable bonds is 2. The van der Waals surface area contributed by atoms with Crippen molar-refractivity contribution < 1.29 is 4.79 Å². The Balaban J connectivity index is 2.03. The topological polar surface area (TPSA) is 41.1 Å². The van der Waals surface area contributed by atoms with Crippen molar-refractivity contribution in [3.63, 3.8) is 0 Å². The minimum atomic E-state index is -0.0677. The molecule has 2 N–H and O–H groups in total. The molecule has 1 aliphatic heterocycles. The van der Waals surface area contributed by atoms with E-state index in [9.17, 15) is 4.79 Å². The summed E-state index contributed by atoms with van der Waals surface area (Å²) in [5, 5.41) is 6.83. The van der Waals surface area contributed by atoms with Gasteiger partial charge in [0, 0.05) is 6.04 Å². The van der Waals surface area contributed by atoms with Gasteiger partial charge in [0.15, 0.2) is 0 Å². The molecule has 1 fully saturated rings. The summed E-state index contributed by atoms with van der Waals surface area (Å²) in [5.74, 6) is -0.0677. The number of hydrogen-bond donors (Lipinski definition) is 2. The lowest BCUT2D eigenvalue weighted by Gasteiger charge is -2.23. The summed E-state index contributed by atoms with van der Waals surface area (Å²) >= 11 is 6.07. The quantitative estimate of drug-likeness (QED) is 0.847. The number of carbonyl (C=O) groups is 1. The number of nitrogens with one attached hydrogen (secondary N) is 2. The highest BCUT2D eigenvalue weighted by Crippen LogP contribution is 2.18. The van der Waals surface area contributed by atoms with Crippen LogP contribution in [0.2, 0.25) is 5.02 Å². The van der Waals surface area contributed by atoms with Crippen molar-refractivity contribution in [1.29, 1.82) is 0 Å². The van der Waals surface area contributed by atoms with Crippen LogP contribution < -0.4 is 10.6 Å². The molecule has 1 amide bonds. The molecule has 0 atom stereocenters. The van der Waals surface area contributed by atoms with Gasteiger partial charge in [0.05, 0.1) is 10.6 Å². The van der Waals surface area contributed by atoms with Crippen LogP contribution in [-0.2, 0) is 0 Å². The highest BCUT2D eigenvalue weighted by Gasteiger charge is 2.17. The second-order valence-electron chi connectivity index (χ2n) is 4.48. The molecule has 0 radical (unpaired) electrons. The molecule has 0 aromatic heterocycles. The lowest BCUT2D eigenvalue weighted by molar-refractivity contribution is 0.0929. The molecule has 0 bridgehead atoms. The Morgan fingerprint density at radius 3 is 2.76 bits per heavy atom. The molecule has 4 heteroatoms. The summed E-state index contributed by atoms with van der Waals surface area (Å²) in [6.45, 7) is 3.89. The first-order chi connectivity index (χ1) is 8.16. The number of benzene rings is 1. The summed E-state index contributed by atoms with van der Waals surface area (Å²) in [5.41, 5.74) is 1.63. The van der Waals surface area contributed by atoms with Crippen molar-refractivity contribution in [2.75, 3.05) is 13.1 Å². The Labute approximate surface area is 107 Å². The van der Waals surface area contributed by atoms with E-state index in [-0.39, 0.29) is 11.9 Å². The van der Waals surface area contributed by atoms with Gasteiger partial charge in [0.1, 0.15) is 0 Å². The largest absolute Gasteiger partial charge is 0.349 e. The maximum absolute atomic E-state index is 12.0. The van der Waals surface area contributed by atoms with Gasteiger partial charge in [-0.15, -0.1) is 0 Å². The van der Waals surface area contributed by atoms with E-state index in [1.165, 1.54) is 0 Å². The van der Waals surface area contributed by atoms with Crippen molar-refractivity contribution in [3.8, 4) is 0 Å². The number of hydrogen-bond acceptors (Lipinski definition) is 2. The molecule has 0 unspecified atom stereocenters. The number of amides is 1. The van der Waals surface area contributed by atoms with Crippen LogP contribution in [0.25, 0.3) is 0 Å². The number of halogens is 1. The Morgan fingerprint density at radius 2 is 2.12 bits per heavy atom. The van der Waals surface area contributed by atoms with Crippen LogP contribution in [0.5, 0.6) is 0 Å². The maximum Gasteiger partial charge on any atom is 0.253 e. The predicted molar refractivity (Wildman–Crippen MR) is 69.5 cm³/mol. The minimum absolute atomic E-state index is 0.0677. The molecule has 1 aromatic carbocycles. The van der Waals surface area contributed by atoms with Crippen molar-refractivity contribution in [2.24, 2.45) is 0 Å². The van der Waals surface area contributed by atoms with E-state index in [4.69, 9.17) is 11.6 Å². The Hall–Kier alpha value is -1.06. The Morgan fingerprint density at radius 1 is 1.41 bits per heavy atom. The van der Waals surface area contributed by atoms with Crippen molar-refractivity contribution in [1.82, 2.24) is 10.6 Å². The van der Waals surface area contributed by atoms with E-state index in [0.29, 0.717) is 10.6 Å². The molecule has 0 aliphatic carbocycles. The first-order valence-corrected chi connectivity index (χ1v) is 6.32. The van der Waals surface area contributed by atoms with Crippen LogP contribution in [0, 0.1) is 6.92 Å². The van der Waals surface area contributed by atoms with E-state index in [1.54, 1.807) is 6.07 Å². The van der Waals surface area contributed by atoms with E-state index in [1.807, 2.05) is 19.1 Å². The zero-order valence-corrected chi connectivity index (χ0v) is 10.7. The van der Waals surface area contributed by atoms with Crippen LogP contribution >= 0.6 is 11.6 Å². The third kappa shape index (κ3) is 3.20. The second-order valence-corrected chi connectivity index (χ2v) is 4.89. The molecule has 0 saturated carbocycles. The van der Waals surface area contributed by atoms with Crippen LogP contribution in [-0.4, -0.2) is 25.0 Å². The lowest BCUT2D eigenvalue weighted by atomic mass is 10.1. The van der Waals surface area contributed by atoms with Crippen LogP contribution in [0.3, 0.4) is 0 Å². The summed E-state index contributed by atoms with van der Waals surface area (Å²) in [6, 6.07) is 5.78. The Kier molecular flexibility index (Phi) is 4.02. The van der Waals surface area contributed by atoms with Crippen molar-refractivity contribution in [2.45, 2.75) is 25.8 Å². The molecule has 1 aromatic rings. The number of carbonyl (C=O) groups excluding carboxylic acids is 1. The molecule has 2 rings (SSSR count). The zero-order valence-electron chi connectivity index (χ0n) is 9.92. The summed E-state index contributed by atoms with van der Waals surface area (Å²) in [6.07, 6.45) is 1.96. The van der Waals surface area contributed by atoms with Crippen LogP contribution in [0.4, 0.5) is 0 Å². The van der Waals surface area contributed by atoms with Crippen molar-refractivity contribution in [3.05, 3.63) is 34.3 Å². The fourth-order valence-electron chi connectivity index (χ4n) is 2.03. The minimum Gasteiger partial charge on any atom is -0.349 e. The van der Waals surface area contributed by atoms with Crippen LogP contribution in [0.1, 0.15) is 28.8 Å². The standard InChI is InChI=1S/C13H17ClN2O/c1-9-2-3-11(12(14)8-9)13(17)16-10-4-6-15-7-5-10/h2-3,8,10,15H,4-7H2,1H3,(H,16,17). The van der Waals surface area contributed by atoms with Gasteiger partial charge in [0.25, 0.3) is 5.91 Å². The van der Waals surface area contributed by atoms with Gasteiger partial charge < -0.3 is 10.6 Å². The van der Waals surface area contributed by atoms with E-state index in [2.05, 4.69) is 10.6 Å².